The van der Waals surface area contributed by atoms with Crippen LogP contribution in [0.15, 0.2) is 30.3 Å². The monoisotopic (exact) mass is 311 g/mol. The van der Waals surface area contributed by atoms with Crippen molar-refractivity contribution >= 4 is 5.95 Å². The highest BCUT2D eigenvalue weighted by atomic mass is 19.4. The van der Waals surface area contributed by atoms with Gasteiger partial charge in [-0.1, -0.05) is 18.2 Å². The van der Waals surface area contributed by atoms with Crippen LogP contribution in [0.4, 0.5) is 19.1 Å². The van der Waals surface area contributed by atoms with Crippen LogP contribution < -0.4 is 9.64 Å². The van der Waals surface area contributed by atoms with Crippen LogP contribution in [-0.4, -0.2) is 23.4 Å². The van der Waals surface area contributed by atoms with Crippen molar-refractivity contribution in [3.63, 3.8) is 0 Å². The minimum Gasteiger partial charge on any atom is -0.405 e. The fourth-order valence-electron chi connectivity index (χ4n) is 2.06. The quantitative estimate of drug-likeness (QED) is 0.864. The van der Waals surface area contributed by atoms with Gasteiger partial charge in [-0.15, -0.1) is 13.2 Å². The second-order valence-corrected chi connectivity index (χ2v) is 4.96. The van der Waals surface area contributed by atoms with Crippen molar-refractivity contribution in [1.82, 2.24) is 9.97 Å². The highest BCUT2D eigenvalue weighted by molar-refractivity contribution is 5.39. The van der Waals surface area contributed by atoms with Gasteiger partial charge in [-0.2, -0.15) is 0 Å². The lowest BCUT2D eigenvalue weighted by Gasteiger charge is -2.20. The zero-order chi connectivity index (χ0) is 16.3. The average molecular weight is 311 g/mol. The molecule has 0 N–H and O–H groups in total. The molecule has 22 heavy (non-hydrogen) atoms. The molecule has 0 bridgehead atoms. The lowest BCUT2D eigenvalue weighted by atomic mass is 10.2. The van der Waals surface area contributed by atoms with Crippen molar-refractivity contribution in [3.05, 3.63) is 47.3 Å². The van der Waals surface area contributed by atoms with Gasteiger partial charge in [0.1, 0.15) is 5.75 Å². The van der Waals surface area contributed by atoms with Crippen molar-refractivity contribution in [3.8, 4) is 5.75 Å². The molecular weight excluding hydrogens is 295 g/mol. The molecule has 0 amide bonds. The van der Waals surface area contributed by atoms with E-state index in [2.05, 4.69) is 14.7 Å². The summed E-state index contributed by atoms with van der Waals surface area (Å²) >= 11 is 0. The number of aryl methyl sites for hydroxylation is 2. The number of halogens is 3. The molecule has 0 radical (unpaired) electrons. The van der Waals surface area contributed by atoms with Crippen LogP contribution in [0.2, 0.25) is 0 Å². The number of hydrogen-bond acceptors (Lipinski definition) is 4. The third-order valence-electron chi connectivity index (χ3n) is 2.92. The maximum absolute atomic E-state index is 12.4. The maximum atomic E-state index is 12.4. The van der Waals surface area contributed by atoms with E-state index in [9.17, 15) is 13.2 Å². The molecule has 118 valence electrons. The Kier molecular flexibility index (Phi) is 4.54. The molecule has 0 saturated heterocycles. The van der Waals surface area contributed by atoms with Crippen molar-refractivity contribution in [2.75, 3.05) is 11.9 Å². The molecule has 0 atom stereocenters. The molecule has 1 aromatic carbocycles. The molecule has 0 aliphatic carbocycles. The standard InChI is InChI=1S/C15H16F3N3O/c1-10-8-11(2)20-14(19-10)21(3)9-12-6-4-5-7-13(12)22-15(16,17)18/h4-8H,9H2,1-3H3. The highest BCUT2D eigenvalue weighted by Crippen LogP contribution is 2.27. The molecule has 7 heteroatoms. The average Bonchev–Trinajstić information content (AvgIpc) is 2.38. The van der Waals surface area contributed by atoms with Gasteiger partial charge in [-0.05, 0) is 26.0 Å². The summed E-state index contributed by atoms with van der Waals surface area (Å²) in [6.45, 7) is 3.88. The van der Waals surface area contributed by atoms with Gasteiger partial charge in [0.05, 0.1) is 0 Å². The number of alkyl halides is 3. The minimum absolute atomic E-state index is 0.204. The molecule has 0 aliphatic rings. The molecule has 4 nitrogen and oxygen atoms in total. The van der Waals surface area contributed by atoms with Crippen LogP contribution in [-0.2, 0) is 6.54 Å². The summed E-state index contributed by atoms with van der Waals surface area (Å²) in [5.41, 5.74) is 2.01. The Hall–Kier alpha value is -2.31. The fourth-order valence-corrected chi connectivity index (χ4v) is 2.06. The number of para-hydroxylation sites is 1. The Morgan fingerprint density at radius 1 is 1.09 bits per heavy atom. The van der Waals surface area contributed by atoms with E-state index in [1.807, 2.05) is 19.9 Å². The van der Waals surface area contributed by atoms with E-state index in [0.717, 1.165) is 11.4 Å². The largest absolute Gasteiger partial charge is 0.573 e. The summed E-state index contributed by atoms with van der Waals surface area (Å²) in [6, 6.07) is 7.87. The molecular formula is C15H16F3N3O. The highest BCUT2D eigenvalue weighted by Gasteiger charge is 2.32. The van der Waals surface area contributed by atoms with Crippen LogP contribution in [0.3, 0.4) is 0 Å². The summed E-state index contributed by atoms with van der Waals surface area (Å²) in [6.07, 6.45) is -4.72. The van der Waals surface area contributed by atoms with E-state index < -0.39 is 6.36 Å². The summed E-state index contributed by atoms with van der Waals surface area (Å²) < 4.78 is 41.3. The maximum Gasteiger partial charge on any atom is 0.573 e. The zero-order valence-corrected chi connectivity index (χ0v) is 12.5. The first-order valence-electron chi connectivity index (χ1n) is 6.61. The Morgan fingerprint density at radius 3 is 2.27 bits per heavy atom. The molecule has 2 rings (SSSR count). The molecule has 0 spiro atoms. The molecule has 1 heterocycles. The van der Waals surface area contributed by atoms with Crippen molar-refractivity contribution in [2.24, 2.45) is 0 Å². The Labute approximate surface area is 126 Å². The first kappa shape index (κ1) is 16.1. The van der Waals surface area contributed by atoms with E-state index in [4.69, 9.17) is 0 Å². The minimum atomic E-state index is -4.72. The van der Waals surface area contributed by atoms with Gasteiger partial charge in [-0.3, -0.25) is 0 Å². The number of rotatable bonds is 4. The Morgan fingerprint density at radius 2 is 1.68 bits per heavy atom. The lowest BCUT2D eigenvalue weighted by Crippen LogP contribution is -2.22. The molecule has 1 aromatic heterocycles. The van der Waals surface area contributed by atoms with Gasteiger partial charge >= 0.3 is 6.36 Å². The number of ether oxygens (including phenoxy) is 1. The van der Waals surface area contributed by atoms with Crippen LogP contribution in [0.25, 0.3) is 0 Å². The van der Waals surface area contributed by atoms with E-state index in [1.165, 1.54) is 12.1 Å². The molecule has 0 fully saturated rings. The van der Waals surface area contributed by atoms with Crippen LogP contribution >= 0.6 is 0 Å². The van der Waals surface area contributed by atoms with Gasteiger partial charge in [0, 0.05) is 30.5 Å². The second kappa shape index (κ2) is 6.21. The summed E-state index contributed by atoms with van der Waals surface area (Å²) in [5.74, 6) is 0.241. The van der Waals surface area contributed by atoms with Gasteiger partial charge in [0.15, 0.2) is 0 Å². The zero-order valence-electron chi connectivity index (χ0n) is 12.5. The van der Waals surface area contributed by atoms with E-state index in [-0.39, 0.29) is 12.3 Å². The van der Waals surface area contributed by atoms with Crippen molar-refractivity contribution < 1.29 is 17.9 Å². The Bertz CT molecular complexity index is 638. The van der Waals surface area contributed by atoms with E-state index in [1.54, 1.807) is 24.1 Å². The van der Waals surface area contributed by atoms with E-state index >= 15 is 0 Å². The first-order chi connectivity index (χ1) is 10.2. The number of benzene rings is 1. The fraction of sp³-hybridized carbons (Fsp3) is 0.333. The first-order valence-corrected chi connectivity index (χ1v) is 6.61. The number of hydrogen-bond donors (Lipinski definition) is 0. The molecule has 2 aromatic rings. The summed E-state index contributed by atoms with van der Waals surface area (Å²) in [7, 11) is 1.72. The molecule has 0 aliphatic heterocycles. The third-order valence-corrected chi connectivity index (χ3v) is 2.92. The SMILES string of the molecule is Cc1cc(C)nc(N(C)Cc2ccccc2OC(F)(F)F)n1. The van der Waals surface area contributed by atoms with Gasteiger partial charge in [0.25, 0.3) is 0 Å². The van der Waals surface area contributed by atoms with Gasteiger partial charge in [0.2, 0.25) is 5.95 Å². The van der Waals surface area contributed by atoms with Crippen LogP contribution in [0, 0.1) is 13.8 Å². The number of aromatic nitrogens is 2. The molecule has 0 unspecified atom stereocenters. The summed E-state index contributed by atoms with van der Waals surface area (Å²) in [5, 5.41) is 0. The third kappa shape index (κ3) is 4.34. The van der Waals surface area contributed by atoms with Crippen LogP contribution in [0.1, 0.15) is 17.0 Å². The predicted molar refractivity (Wildman–Crippen MR) is 76.7 cm³/mol. The predicted octanol–water partition coefficient (Wildman–Crippen LogP) is 3.63. The van der Waals surface area contributed by atoms with Crippen molar-refractivity contribution in [1.29, 1.82) is 0 Å². The van der Waals surface area contributed by atoms with E-state index in [0.29, 0.717) is 11.5 Å². The smallest absolute Gasteiger partial charge is 0.405 e. The lowest BCUT2D eigenvalue weighted by molar-refractivity contribution is -0.274. The number of nitrogens with zero attached hydrogens (tertiary/aromatic N) is 3. The number of anilines is 1. The summed E-state index contributed by atoms with van der Waals surface area (Å²) in [4.78, 5) is 10.3. The van der Waals surface area contributed by atoms with Crippen molar-refractivity contribution in [2.45, 2.75) is 26.8 Å². The van der Waals surface area contributed by atoms with Gasteiger partial charge in [-0.25, -0.2) is 9.97 Å². The Balaban J connectivity index is 2.23. The normalized spacial score (nSPS) is 11.4. The van der Waals surface area contributed by atoms with Crippen LogP contribution in [0.5, 0.6) is 5.75 Å². The second-order valence-electron chi connectivity index (χ2n) is 4.96. The topological polar surface area (TPSA) is 38.2 Å². The molecule has 0 saturated carbocycles. The van der Waals surface area contributed by atoms with Gasteiger partial charge < -0.3 is 9.64 Å².